The van der Waals surface area contributed by atoms with Crippen LogP contribution < -0.4 is 0 Å². The summed E-state index contributed by atoms with van der Waals surface area (Å²) >= 11 is 0. The van der Waals surface area contributed by atoms with Crippen LogP contribution in [0.3, 0.4) is 0 Å². The maximum absolute atomic E-state index is 12.4. The average molecular weight is 393 g/mol. The highest BCUT2D eigenvalue weighted by Gasteiger charge is 2.45. The van der Waals surface area contributed by atoms with Crippen LogP contribution in [0.1, 0.15) is 53.4 Å². The Hall–Kier alpha value is -1.00. The third-order valence-corrected chi connectivity index (χ3v) is 4.70. The number of hydrogen-bond donors (Lipinski definition) is 1. The number of hydrogen-bond acceptors (Lipinski definition) is 3. The quantitative estimate of drug-likeness (QED) is 0.439. The molecule has 0 radical (unpaired) electrons. The van der Waals surface area contributed by atoms with Gasteiger partial charge < -0.3 is 14.7 Å². The summed E-state index contributed by atoms with van der Waals surface area (Å²) in [6, 6.07) is 0. The monoisotopic (exact) mass is 393 g/mol. The molecule has 2 rings (SSSR count). The van der Waals surface area contributed by atoms with Crippen molar-refractivity contribution < 1.29 is 23.4 Å². The Bertz CT molecular complexity index is 478. The summed E-state index contributed by atoms with van der Waals surface area (Å²) < 4.78 is 25.8. The van der Waals surface area contributed by atoms with E-state index in [4.69, 9.17) is 4.74 Å². The van der Waals surface area contributed by atoms with Gasteiger partial charge in [0.05, 0.1) is 7.11 Å². The number of amides is 1. The van der Waals surface area contributed by atoms with Crippen molar-refractivity contribution in [3.63, 3.8) is 0 Å². The van der Waals surface area contributed by atoms with Crippen LogP contribution >= 0.6 is 9.24 Å². The molecule has 1 spiro atoms. The molecule has 2 aliphatic rings. The maximum atomic E-state index is 12.4. The molecule has 1 N–H and O–H groups in total. The topological polar surface area (TPSA) is 49.8 Å². The van der Waals surface area contributed by atoms with Gasteiger partial charge in [0.25, 0.3) is 5.91 Å². The van der Waals surface area contributed by atoms with E-state index in [0.29, 0.717) is 16.7 Å². The van der Waals surface area contributed by atoms with Crippen LogP contribution in [0.15, 0.2) is 23.5 Å². The van der Waals surface area contributed by atoms with Crippen molar-refractivity contribution in [2.45, 2.75) is 65.6 Å². The van der Waals surface area contributed by atoms with Crippen molar-refractivity contribution >= 4 is 15.1 Å². The summed E-state index contributed by atoms with van der Waals surface area (Å²) in [5.41, 5.74) is 1.08. The Morgan fingerprint density at radius 3 is 1.92 bits per heavy atom. The van der Waals surface area contributed by atoms with Gasteiger partial charge >= 0.3 is 0 Å². The second kappa shape index (κ2) is 12.4. The molecule has 1 aliphatic heterocycles. The second-order valence-electron chi connectivity index (χ2n) is 6.16. The van der Waals surface area contributed by atoms with Gasteiger partial charge in [0.1, 0.15) is 5.76 Å². The zero-order valence-electron chi connectivity index (χ0n) is 16.6. The number of likely N-dealkylation sites (tertiary alicyclic amines) is 1. The fourth-order valence-corrected chi connectivity index (χ4v) is 3.02. The molecule has 0 aromatic rings. The first-order valence-corrected chi connectivity index (χ1v) is 9.84. The highest BCUT2D eigenvalue weighted by molar-refractivity contribution is 7.16. The lowest BCUT2D eigenvalue weighted by atomic mass is 9.93. The molecular formula is C19H34F2NO3P. The van der Waals surface area contributed by atoms with Gasteiger partial charge in [-0.3, -0.25) is 4.79 Å². The Balaban J connectivity index is 0.000000920. The number of halogens is 2. The van der Waals surface area contributed by atoms with Crippen LogP contribution in [0.2, 0.25) is 0 Å². The van der Waals surface area contributed by atoms with Crippen molar-refractivity contribution in [2.24, 2.45) is 5.41 Å². The first kappa shape index (κ1) is 25.0. The molecule has 1 saturated heterocycles. The minimum atomic E-state index is -2.25. The minimum absolute atomic E-state index is 0.204. The molecule has 2 unspecified atom stereocenters. The van der Waals surface area contributed by atoms with Gasteiger partial charge in [-0.2, -0.15) is 0 Å². The molecule has 2 fully saturated rings. The number of aliphatic hydroxyl groups excluding tert-OH is 1. The third kappa shape index (κ3) is 7.71. The summed E-state index contributed by atoms with van der Waals surface area (Å²) in [5, 5.41) is 10.3. The standard InChI is InChI=1S/C16H25NO3.C2H6.CH3F2P/c1-4-12(13(5-2)20-3)14(18)15(19)17-10-8-16(6-7-16)9-11-17;1-2;2-1(3)4/h4-5,14,18H,6-11H2,1-3H3;1-2H3;1H,4H2/b12-4+,13-5+;;. The van der Waals surface area contributed by atoms with E-state index in [9.17, 15) is 18.7 Å². The molecular weight excluding hydrogens is 359 g/mol. The number of methoxy groups -OCH3 is 1. The lowest BCUT2D eigenvalue weighted by molar-refractivity contribution is -0.140. The first-order valence-electron chi connectivity index (χ1n) is 9.17. The number of alkyl halides is 2. The van der Waals surface area contributed by atoms with Gasteiger partial charge in [-0.25, -0.2) is 8.78 Å². The zero-order chi connectivity index (χ0) is 20.3. The van der Waals surface area contributed by atoms with Crippen molar-refractivity contribution in [1.82, 2.24) is 4.90 Å². The Morgan fingerprint density at radius 1 is 1.15 bits per heavy atom. The molecule has 1 amide bonds. The molecule has 26 heavy (non-hydrogen) atoms. The van der Waals surface area contributed by atoms with E-state index in [1.165, 1.54) is 22.1 Å². The predicted octanol–water partition coefficient (Wildman–Crippen LogP) is 4.36. The number of nitrogens with zero attached hydrogens (tertiary/aromatic N) is 1. The molecule has 1 aliphatic carbocycles. The van der Waals surface area contributed by atoms with Crippen molar-refractivity contribution in [2.75, 3.05) is 20.2 Å². The molecule has 0 bridgehead atoms. The summed E-state index contributed by atoms with van der Waals surface area (Å²) in [5.74, 6) is 0.356. The number of carbonyl (C=O) groups excluding carboxylic acids is 1. The molecule has 0 aromatic heterocycles. The molecule has 0 aromatic carbocycles. The number of allylic oxidation sites excluding steroid dienone is 2. The van der Waals surface area contributed by atoms with Gasteiger partial charge in [0, 0.05) is 18.7 Å². The number of piperidine rings is 1. The van der Waals surface area contributed by atoms with Gasteiger partial charge in [-0.15, -0.1) is 0 Å². The van der Waals surface area contributed by atoms with E-state index < -0.39 is 12.3 Å². The van der Waals surface area contributed by atoms with E-state index >= 15 is 0 Å². The van der Waals surface area contributed by atoms with Crippen LogP contribution in [0, 0.1) is 5.41 Å². The summed E-state index contributed by atoms with van der Waals surface area (Å²) in [4.78, 5) is 14.2. The van der Waals surface area contributed by atoms with Gasteiger partial charge in [0.15, 0.2) is 6.10 Å². The van der Waals surface area contributed by atoms with E-state index in [-0.39, 0.29) is 5.91 Å². The third-order valence-electron chi connectivity index (χ3n) is 4.70. The molecule has 1 heterocycles. The van der Waals surface area contributed by atoms with Gasteiger partial charge in [0.2, 0.25) is 6.17 Å². The van der Waals surface area contributed by atoms with E-state index in [1.807, 2.05) is 27.7 Å². The number of ether oxygens (including phenoxy) is 1. The number of aliphatic hydroxyl groups is 1. The SMILES string of the molecule is C/C=C(\C(=C/C)OC)C(O)C(=O)N1CCC2(CC1)CC2.CC.FC(F)P. The van der Waals surface area contributed by atoms with E-state index in [0.717, 1.165) is 25.9 Å². The lowest BCUT2D eigenvalue weighted by Gasteiger charge is -2.33. The summed E-state index contributed by atoms with van der Waals surface area (Å²) in [7, 11) is 2.87. The number of carbonyl (C=O) groups is 1. The van der Waals surface area contributed by atoms with Gasteiger partial charge in [-0.1, -0.05) is 29.2 Å². The van der Waals surface area contributed by atoms with Crippen molar-refractivity contribution in [3.05, 3.63) is 23.5 Å². The largest absolute Gasteiger partial charge is 0.497 e. The maximum Gasteiger partial charge on any atom is 0.256 e. The normalized spacial score (nSPS) is 19.8. The Kier molecular flexibility index (Phi) is 11.9. The summed E-state index contributed by atoms with van der Waals surface area (Å²) in [6.07, 6.45) is 4.91. The Labute approximate surface area is 158 Å². The molecule has 4 nitrogen and oxygen atoms in total. The minimum Gasteiger partial charge on any atom is -0.497 e. The molecule has 1 saturated carbocycles. The fraction of sp³-hybridized carbons (Fsp3) is 0.737. The predicted molar refractivity (Wildman–Crippen MR) is 105 cm³/mol. The fourth-order valence-electron chi connectivity index (χ4n) is 3.02. The van der Waals surface area contributed by atoms with Gasteiger partial charge in [-0.05, 0) is 51.0 Å². The highest BCUT2D eigenvalue weighted by Crippen LogP contribution is 2.53. The Morgan fingerprint density at radius 2 is 1.62 bits per heavy atom. The van der Waals surface area contributed by atoms with Crippen LogP contribution in [-0.4, -0.2) is 48.4 Å². The van der Waals surface area contributed by atoms with E-state index in [2.05, 4.69) is 0 Å². The van der Waals surface area contributed by atoms with Crippen molar-refractivity contribution in [3.8, 4) is 0 Å². The molecule has 2 atom stereocenters. The molecule has 7 heteroatoms. The number of rotatable bonds is 4. The molecule has 152 valence electrons. The smallest absolute Gasteiger partial charge is 0.256 e. The van der Waals surface area contributed by atoms with Crippen LogP contribution in [-0.2, 0) is 9.53 Å². The highest BCUT2D eigenvalue weighted by atomic mass is 31.0. The van der Waals surface area contributed by atoms with Crippen LogP contribution in [0.25, 0.3) is 0 Å². The second-order valence-corrected chi connectivity index (χ2v) is 6.67. The summed E-state index contributed by atoms with van der Waals surface area (Å²) in [6.45, 7) is 9.18. The van der Waals surface area contributed by atoms with Crippen LogP contribution in [0.5, 0.6) is 0 Å². The van der Waals surface area contributed by atoms with E-state index in [1.54, 1.807) is 24.2 Å². The zero-order valence-corrected chi connectivity index (χ0v) is 17.8. The van der Waals surface area contributed by atoms with Crippen molar-refractivity contribution in [1.29, 1.82) is 0 Å². The lowest BCUT2D eigenvalue weighted by Crippen LogP contribution is -2.45. The first-order chi connectivity index (χ1) is 12.3. The average Bonchev–Trinajstić information content (AvgIpc) is 3.39. The van der Waals surface area contributed by atoms with Crippen LogP contribution in [0.4, 0.5) is 8.78 Å².